The molecule has 4 aliphatic rings. The number of nitrogens with zero attached hydrogens (tertiary/aromatic N) is 5. The summed E-state index contributed by atoms with van der Waals surface area (Å²) in [6.45, 7) is 14.2. The van der Waals surface area contributed by atoms with Crippen molar-refractivity contribution in [1.29, 1.82) is 5.26 Å². The molecule has 3 unspecified atom stereocenters. The molecule has 4 atom stereocenters. The second-order valence-corrected chi connectivity index (χ2v) is 20.2. The van der Waals surface area contributed by atoms with Crippen LogP contribution in [0.1, 0.15) is 57.5 Å². The standard InChI is InChI=1S/C41H45N5O2Si/c1-30-23-32(45-22-21-39(5,27-45)31-15-9-6-10-16-31)25-46-36(30)43-37(44-46)41-26-40(28-47-41,35(41)24-42)29-48-49(38(2,3)4,33-17-11-7-12-18-33)34-19-13-8-14-20-34/h6-20,23,25,35H,21-22,26-29H2,1-5H3/t35?,39-,40?,41?/m0/s1. The highest BCUT2D eigenvalue weighted by Gasteiger charge is 2.74. The Labute approximate surface area is 290 Å². The van der Waals surface area contributed by atoms with Crippen molar-refractivity contribution in [2.24, 2.45) is 11.3 Å². The van der Waals surface area contributed by atoms with Crippen LogP contribution in [0.5, 0.6) is 0 Å². The third kappa shape index (κ3) is 4.81. The highest BCUT2D eigenvalue weighted by molar-refractivity contribution is 6.99. The van der Waals surface area contributed by atoms with Crippen molar-refractivity contribution in [3.63, 3.8) is 0 Å². The zero-order chi connectivity index (χ0) is 34.1. The zero-order valence-electron chi connectivity index (χ0n) is 29.2. The molecule has 7 nitrogen and oxygen atoms in total. The van der Waals surface area contributed by atoms with Crippen molar-refractivity contribution in [2.75, 3.05) is 31.2 Å². The van der Waals surface area contributed by atoms with E-state index in [9.17, 15) is 5.26 Å². The van der Waals surface area contributed by atoms with Gasteiger partial charge in [-0.1, -0.05) is 119 Å². The highest BCUT2D eigenvalue weighted by atomic mass is 28.4. The third-order valence-corrected chi connectivity index (χ3v) is 16.7. The van der Waals surface area contributed by atoms with E-state index >= 15 is 0 Å². The lowest BCUT2D eigenvalue weighted by Gasteiger charge is -2.50. The summed E-state index contributed by atoms with van der Waals surface area (Å²) < 4.78 is 15.9. The predicted octanol–water partition coefficient (Wildman–Crippen LogP) is 6.54. The van der Waals surface area contributed by atoms with Gasteiger partial charge in [-0.3, -0.25) is 0 Å². The van der Waals surface area contributed by atoms with Gasteiger partial charge < -0.3 is 14.1 Å². The number of ether oxygens (including phenoxy) is 1. The molecule has 5 heterocycles. The molecule has 0 N–H and O–H groups in total. The van der Waals surface area contributed by atoms with Gasteiger partial charge in [-0.15, -0.1) is 5.10 Å². The number of aromatic nitrogens is 3. The summed E-state index contributed by atoms with van der Waals surface area (Å²) in [4.78, 5) is 7.50. The number of nitriles is 1. The molecule has 1 saturated carbocycles. The topological polar surface area (TPSA) is 75.7 Å². The van der Waals surface area contributed by atoms with Crippen LogP contribution in [0.15, 0.2) is 103 Å². The first-order valence-electron chi connectivity index (χ1n) is 17.5. The number of hydrogen-bond donors (Lipinski definition) is 0. The minimum atomic E-state index is -2.78. The van der Waals surface area contributed by atoms with Gasteiger partial charge in [-0.25, -0.2) is 9.50 Å². The Morgan fingerprint density at radius 1 is 0.980 bits per heavy atom. The SMILES string of the molecule is Cc1cc(N2CC[C@](C)(c3ccccc3)C2)cn2nc(C34CC(CO[Si](c5ccccc5)(c5ccccc5)C(C)(C)C)(CO3)C4C#N)nc12. The van der Waals surface area contributed by atoms with Gasteiger partial charge in [0.25, 0.3) is 8.32 Å². The van der Waals surface area contributed by atoms with Gasteiger partial charge in [0.1, 0.15) is 5.60 Å². The van der Waals surface area contributed by atoms with Crippen LogP contribution in [-0.2, 0) is 20.2 Å². The lowest BCUT2D eigenvalue weighted by atomic mass is 9.54. The fourth-order valence-electron chi connectivity index (χ4n) is 9.08. The number of benzene rings is 3. The van der Waals surface area contributed by atoms with E-state index < -0.39 is 25.3 Å². The van der Waals surface area contributed by atoms with Gasteiger partial charge in [0.15, 0.2) is 11.5 Å². The van der Waals surface area contributed by atoms with E-state index in [4.69, 9.17) is 19.2 Å². The van der Waals surface area contributed by atoms with E-state index in [0.29, 0.717) is 25.5 Å². The van der Waals surface area contributed by atoms with Crippen LogP contribution >= 0.6 is 0 Å². The van der Waals surface area contributed by atoms with Crippen LogP contribution in [0.2, 0.25) is 5.04 Å². The first-order chi connectivity index (χ1) is 23.5. The number of anilines is 1. The minimum Gasteiger partial charge on any atom is -0.407 e. The number of rotatable bonds is 8. The second kappa shape index (κ2) is 11.4. The zero-order valence-corrected chi connectivity index (χ0v) is 30.2. The third-order valence-electron chi connectivity index (χ3n) is 11.7. The molecule has 2 aromatic heterocycles. The molecule has 9 rings (SSSR count). The van der Waals surface area contributed by atoms with Crippen molar-refractivity contribution in [2.45, 2.75) is 63.5 Å². The van der Waals surface area contributed by atoms with Crippen LogP contribution in [-0.4, -0.2) is 49.2 Å². The monoisotopic (exact) mass is 667 g/mol. The molecular weight excluding hydrogens is 623 g/mol. The summed E-state index contributed by atoms with van der Waals surface area (Å²) >= 11 is 0. The highest BCUT2D eigenvalue weighted by Crippen LogP contribution is 2.66. The summed E-state index contributed by atoms with van der Waals surface area (Å²) in [5, 5.41) is 18.1. The quantitative estimate of drug-likeness (QED) is 0.175. The first-order valence-corrected chi connectivity index (χ1v) is 19.4. The van der Waals surface area contributed by atoms with Crippen molar-refractivity contribution in [1.82, 2.24) is 14.6 Å². The van der Waals surface area contributed by atoms with Gasteiger partial charge in [0, 0.05) is 30.5 Å². The normalized spacial score (nSPS) is 26.5. The lowest BCUT2D eigenvalue weighted by molar-refractivity contribution is -0.0796. The van der Waals surface area contributed by atoms with Gasteiger partial charge in [0.05, 0.1) is 30.5 Å². The van der Waals surface area contributed by atoms with E-state index in [1.165, 1.54) is 15.9 Å². The van der Waals surface area contributed by atoms with Gasteiger partial charge in [-0.05, 0) is 52.4 Å². The molecule has 8 heteroatoms. The van der Waals surface area contributed by atoms with Gasteiger partial charge >= 0.3 is 0 Å². The van der Waals surface area contributed by atoms with Crippen LogP contribution in [0, 0.1) is 29.6 Å². The smallest absolute Gasteiger partial charge is 0.261 e. The van der Waals surface area contributed by atoms with Crippen LogP contribution in [0.3, 0.4) is 0 Å². The summed E-state index contributed by atoms with van der Waals surface area (Å²) in [6.07, 6.45) is 3.86. The van der Waals surface area contributed by atoms with Gasteiger partial charge in [-0.2, -0.15) is 5.26 Å². The average molecular weight is 668 g/mol. The molecule has 3 saturated heterocycles. The maximum atomic E-state index is 10.7. The van der Waals surface area contributed by atoms with Crippen LogP contribution < -0.4 is 15.3 Å². The second-order valence-electron chi connectivity index (χ2n) is 15.9. The van der Waals surface area contributed by atoms with E-state index in [1.807, 2.05) is 4.52 Å². The van der Waals surface area contributed by atoms with Crippen molar-refractivity contribution >= 4 is 30.0 Å². The van der Waals surface area contributed by atoms with Gasteiger partial charge in [0.2, 0.25) is 0 Å². The molecule has 0 spiro atoms. The summed E-state index contributed by atoms with van der Waals surface area (Å²) in [6, 6.07) is 37.1. The Hall–Kier alpha value is -4.29. The van der Waals surface area contributed by atoms with Crippen LogP contribution in [0.4, 0.5) is 5.69 Å². The molecule has 0 amide bonds. The Kier molecular flexibility index (Phi) is 7.42. The molecular formula is C41H45N5O2Si. The predicted molar refractivity (Wildman–Crippen MR) is 196 cm³/mol. The van der Waals surface area contributed by atoms with E-state index in [0.717, 1.165) is 36.4 Å². The molecule has 4 fully saturated rings. The number of pyridine rings is 1. The summed E-state index contributed by atoms with van der Waals surface area (Å²) in [7, 11) is -2.78. The van der Waals surface area contributed by atoms with Crippen molar-refractivity contribution in [3.8, 4) is 6.07 Å². The molecule has 5 aromatic rings. The molecule has 3 aromatic carbocycles. The van der Waals surface area contributed by atoms with Crippen molar-refractivity contribution in [3.05, 3.63) is 120 Å². The molecule has 250 valence electrons. The Morgan fingerprint density at radius 2 is 1.61 bits per heavy atom. The first kappa shape index (κ1) is 31.9. The fraction of sp³-hybridized carbons (Fsp3) is 0.390. The van der Waals surface area contributed by atoms with E-state index in [-0.39, 0.29) is 10.5 Å². The summed E-state index contributed by atoms with van der Waals surface area (Å²) in [5.41, 5.74) is 3.24. The molecule has 3 aliphatic heterocycles. The summed E-state index contributed by atoms with van der Waals surface area (Å²) in [5.74, 6) is 0.203. The van der Waals surface area contributed by atoms with E-state index in [1.54, 1.807) is 0 Å². The Morgan fingerprint density at radius 3 is 2.22 bits per heavy atom. The lowest BCUT2D eigenvalue weighted by Crippen LogP contribution is -2.68. The van der Waals surface area contributed by atoms with E-state index in [2.05, 4.69) is 149 Å². The number of aryl methyl sites for hydroxylation is 1. The molecule has 2 bridgehead atoms. The largest absolute Gasteiger partial charge is 0.407 e. The maximum Gasteiger partial charge on any atom is 0.261 e. The maximum absolute atomic E-state index is 10.7. The average Bonchev–Trinajstić information content (AvgIpc) is 3.88. The number of fused-ring (bicyclic) bond motifs is 2. The van der Waals surface area contributed by atoms with Crippen molar-refractivity contribution < 1.29 is 9.16 Å². The Balaban J connectivity index is 1.08. The Bertz CT molecular complexity index is 2000. The number of hydrogen-bond acceptors (Lipinski definition) is 6. The van der Waals surface area contributed by atoms with Crippen LogP contribution in [0.25, 0.3) is 5.65 Å². The molecule has 1 aliphatic carbocycles. The molecule has 49 heavy (non-hydrogen) atoms. The molecule has 0 radical (unpaired) electrons. The minimum absolute atomic E-state index is 0.0973. The fourth-order valence-corrected chi connectivity index (χ4v) is 13.7.